The zero-order chi connectivity index (χ0) is 15.0. The zero-order valence-corrected chi connectivity index (χ0v) is 12.6. The van der Waals surface area contributed by atoms with Crippen LogP contribution in [0.4, 0.5) is 0 Å². The van der Waals surface area contributed by atoms with Gasteiger partial charge in [0.1, 0.15) is 5.82 Å². The van der Waals surface area contributed by atoms with Gasteiger partial charge < -0.3 is 4.74 Å². The number of benzene rings is 1. The molecule has 1 heterocycles. The van der Waals surface area contributed by atoms with E-state index in [1.807, 2.05) is 19.9 Å². The third-order valence-corrected chi connectivity index (χ3v) is 4.25. The van der Waals surface area contributed by atoms with Crippen LogP contribution < -0.4 is 0 Å². The molecule has 0 radical (unpaired) electrons. The second-order valence-electron chi connectivity index (χ2n) is 5.60. The monoisotopic (exact) mass is 285 g/mol. The molecular formula is C16H19N3O2. The molecule has 0 saturated heterocycles. The Morgan fingerprint density at radius 2 is 2.10 bits per heavy atom. The predicted molar refractivity (Wildman–Crippen MR) is 79.2 cm³/mol. The van der Waals surface area contributed by atoms with E-state index >= 15 is 0 Å². The van der Waals surface area contributed by atoms with Crippen molar-refractivity contribution in [2.75, 3.05) is 7.11 Å². The molecule has 3 rings (SSSR count). The normalized spacial score (nSPS) is 14.8. The minimum Gasteiger partial charge on any atom is -0.465 e. The van der Waals surface area contributed by atoms with Crippen LogP contribution >= 0.6 is 0 Å². The standard InChI is InChI=1S/C16H19N3O2/c1-9-13(11-5-4-6-11)7-12(8-14(9)16(20)21-3)15-17-10(2)18-19-15/h7-8,11H,4-6H2,1-3H3,(H,17,18,19). The number of ether oxygens (including phenoxy) is 1. The Morgan fingerprint density at radius 1 is 1.33 bits per heavy atom. The first-order valence-electron chi connectivity index (χ1n) is 7.22. The minimum absolute atomic E-state index is 0.304. The molecule has 5 heteroatoms. The molecule has 21 heavy (non-hydrogen) atoms. The molecule has 110 valence electrons. The van der Waals surface area contributed by atoms with E-state index in [0.717, 1.165) is 17.0 Å². The fraction of sp³-hybridized carbons (Fsp3) is 0.438. The summed E-state index contributed by atoms with van der Waals surface area (Å²) in [6.45, 7) is 3.85. The Bertz CT molecular complexity index is 687. The maximum Gasteiger partial charge on any atom is 0.338 e. The SMILES string of the molecule is COC(=O)c1cc(-c2n[nH]c(C)n2)cc(C2CCC2)c1C. The molecule has 0 atom stereocenters. The number of aromatic nitrogens is 3. The average Bonchev–Trinajstić information content (AvgIpc) is 2.85. The lowest BCUT2D eigenvalue weighted by Gasteiger charge is -2.28. The van der Waals surface area contributed by atoms with Gasteiger partial charge in [-0.15, -0.1) is 0 Å². The maximum atomic E-state index is 12.0. The quantitative estimate of drug-likeness (QED) is 0.880. The van der Waals surface area contributed by atoms with E-state index in [1.54, 1.807) is 0 Å². The summed E-state index contributed by atoms with van der Waals surface area (Å²) in [7, 11) is 1.41. The molecule has 1 aromatic carbocycles. The van der Waals surface area contributed by atoms with Gasteiger partial charge in [-0.25, -0.2) is 9.78 Å². The molecule has 1 aromatic heterocycles. The first kappa shape index (κ1) is 13.8. The molecule has 1 N–H and O–H groups in total. The molecular weight excluding hydrogens is 266 g/mol. The van der Waals surface area contributed by atoms with Crippen LogP contribution in [0.25, 0.3) is 11.4 Å². The molecule has 2 aromatic rings. The van der Waals surface area contributed by atoms with Gasteiger partial charge in [0, 0.05) is 5.56 Å². The minimum atomic E-state index is -0.304. The Hall–Kier alpha value is -2.17. The van der Waals surface area contributed by atoms with Crippen molar-refractivity contribution in [2.45, 2.75) is 39.0 Å². The summed E-state index contributed by atoms with van der Waals surface area (Å²) in [5.41, 5.74) is 3.72. The summed E-state index contributed by atoms with van der Waals surface area (Å²) < 4.78 is 4.91. The Kier molecular flexibility index (Phi) is 3.49. The van der Waals surface area contributed by atoms with E-state index in [2.05, 4.69) is 21.2 Å². The van der Waals surface area contributed by atoms with Gasteiger partial charge in [-0.3, -0.25) is 5.10 Å². The lowest BCUT2D eigenvalue weighted by Crippen LogP contribution is -2.14. The number of esters is 1. The van der Waals surface area contributed by atoms with Crippen LogP contribution in [0.3, 0.4) is 0 Å². The van der Waals surface area contributed by atoms with Crippen LogP contribution in [-0.2, 0) is 4.74 Å². The van der Waals surface area contributed by atoms with Gasteiger partial charge in [0.15, 0.2) is 5.82 Å². The number of hydrogen-bond acceptors (Lipinski definition) is 4. The number of aromatic amines is 1. The van der Waals surface area contributed by atoms with E-state index in [9.17, 15) is 4.79 Å². The second-order valence-corrected chi connectivity index (χ2v) is 5.60. The predicted octanol–water partition coefficient (Wildman–Crippen LogP) is 3.14. The van der Waals surface area contributed by atoms with E-state index in [4.69, 9.17) is 4.74 Å². The third-order valence-electron chi connectivity index (χ3n) is 4.25. The van der Waals surface area contributed by atoms with Gasteiger partial charge in [0.25, 0.3) is 0 Å². The van der Waals surface area contributed by atoms with Gasteiger partial charge in [0.2, 0.25) is 0 Å². The van der Waals surface area contributed by atoms with Crippen LogP contribution in [0, 0.1) is 13.8 Å². The van der Waals surface area contributed by atoms with Gasteiger partial charge in [-0.05, 0) is 55.9 Å². The number of aryl methyl sites for hydroxylation is 1. The van der Waals surface area contributed by atoms with Gasteiger partial charge in [-0.2, -0.15) is 5.10 Å². The van der Waals surface area contributed by atoms with Crippen LogP contribution in [0.2, 0.25) is 0 Å². The number of nitrogens with one attached hydrogen (secondary N) is 1. The third kappa shape index (κ3) is 2.44. The van der Waals surface area contributed by atoms with Crippen molar-refractivity contribution in [3.05, 3.63) is 34.6 Å². The highest BCUT2D eigenvalue weighted by Gasteiger charge is 2.25. The summed E-state index contributed by atoms with van der Waals surface area (Å²) in [5.74, 6) is 1.61. The van der Waals surface area contributed by atoms with Crippen molar-refractivity contribution in [3.8, 4) is 11.4 Å². The Labute approximate surface area is 123 Å². The fourth-order valence-corrected chi connectivity index (χ4v) is 2.80. The lowest BCUT2D eigenvalue weighted by atomic mass is 9.77. The molecule has 0 aliphatic heterocycles. The highest BCUT2D eigenvalue weighted by atomic mass is 16.5. The number of carbonyl (C=O) groups is 1. The van der Waals surface area contributed by atoms with E-state index in [-0.39, 0.29) is 5.97 Å². The van der Waals surface area contributed by atoms with Crippen molar-refractivity contribution < 1.29 is 9.53 Å². The summed E-state index contributed by atoms with van der Waals surface area (Å²) in [6.07, 6.45) is 3.61. The van der Waals surface area contributed by atoms with Crippen molar-refractivity contribution in [3.63, 3.8) is 0 Å². The summed E-state index contributed by atoms with van der Waals surface area (Å²) in [4.78, 5) is 16.4. The molecule has 1 saturated carbocycles. The van der Waals surface area contributed by atoms with E-state index in [0.29, 0.717) is 17.3 Å². The zero-order valence-electron chi connectivity index (χ0n) is 12.6. The number of carbonyl (C=O) groups excluding carboxylic acids is 1. The second kappa shape index (κ2) is 5.31. The molecule has 1 aliphatic rings. The van der Waals surface area contributed by atoms with Crippen molar-refractivity contribution in [1.82, 2.24) is 15.2 Å². The summed E-state index contributed by atoms with van der Waals surface area (Å²) >= 11 is 0. The molecule has 1 fully saturated rings. The largest absolute Gasteiger partial charge is 0.465 e. The number of methoxy groups -OCH3 is 1. The van der Waals surface area contributed by atoms with Crippen LogP contribution in [0.5, 0.6) is 0 Å². The van der Waals surface area contributed by atoms with E-state index < -0.39 is 0 Å². The summed E-state index contributed by atoms with van der Waals surface area (Å²) in [6, 6.07) is 3.94. The van der Waals surface area contributed by atoms with Crippen LogP contribution in [0.15, 0.2) is 12.1 Å². The van der Waals surface area contributed by atoms with Crippen LogP contribution in [-0.4, -0.2) is 28.3 Å². The highest BCUT2D eigenvalue weighted by Crippen LogP contribution is 2.40. The van der Waals surface area contributed by atoms with Gasteiger partial charge >= 0.3 is 5.97 Å². The van der Waals surface area contributed by atoms with Crippen molar-refractivity contribution in [2.24, 2.45) is 0 Å². The highest BCUT2D eigenvalue weighted by molar-refractivity contribution is 5.93. The molecule has 0 bridgehead atoms. The fourth-order valence-electron chi connectivity index (χ4n) is 2.80. The topological polar surface area (TPSA) is 67.9 Å². The molecule has 5 nitrogen and oxygen atoms in total. The van der Waals surface area contributed by atoms with Crippen molar-refractivity contribution in [1.29, 1.82) is 0 Å². The number of hydrogen-bond donors (Lipinski definition) is 1. The van der Waals surface area contributed by atoms with Crippen molar-refractivity contribution >= 4 is 5.97 Å². The lowest BCUT2D eigenvalue weighted by molar-refractivity contribution is 0.0599. The Balaban J connectivity index is 2.13. The van der Waals surface area contributed by atoms with Gasteiger partial charge in [-0.1, -0.05) is 6.42 Å². The number of rotatable bonds is 3. The molecule has 0 amide bonds. The number of nitrogens with zero attached hydrogens (tertiary/aromatic N) is 2. The molecule has 0 spiro atoms. The Morgan fingerprint density at radius 3 is 2.62 bits per heavy atom. The van der Waals surface area contributed by atoms with Gasteiger partial charge in [0.05, 0.1) is 12.7 Å². The smallest absolute Gasteiger partial charge is 0.338 e. The molecule has 0 unspecified atom stereocenters. The summed E-state index contributed by atoms with van der Waals surface area (Å²) in [5, 5.41) is 7.04. The molecule has 1 aliphatic carbocycles. The average molecular weight is 285 g/mol. The maximum absolute atomic E-state index is 12.0. The number of H-pyrrole nitrogens is 1. The first-order valence-corrected chi connectivity index (χ1v) is 7.22. The van der Waals surface area contributed by atoms with E-state index in [1.165, 1.54) is 31.9 Å². The first-order chi connectivity index (χ1) is 10.1. The van der Waals surface area contributed by atoms with Crippen LogP contribution in [0.1, 0.15) is 52.5 Å².